The number of amides is 2. The maximum Gasteiger partial charge on any atom is 0.234 e. The van der Waals surface area contributed by atoms with E-state index in [0.29, 0.717) is 0 Å². The van der Waals surface area contributed by atoms with Gasteiger partial charge in [0, 0.05) is 12.8 Å². The van der Waals surface area contributed by atoms with Crippen molar-refractivity contribution in [3.63, 3.8) is 0 Å². The quantitative estimate of drug-likeness (QED) is 0.634. The van der Waals surface area contributed by atoms with Crippen LogP contribution in [0.1, 0.15) is 32.3 Å². The number of nitrogens with zero attached hydrogens (tertiary/aromatic N) is 1. The molecule has 1 aromatic carbocycles. The van der Waals surface area contributed by atoms with E-state index >= 15 is 0 Å². The molecule has 5 heteroatoms. The van der Waals surface area contributed by atoms with Gasteiger partial charge in [-0.1, -0.05) is 25.7 Å². The van der Waals surface area contributed by atoms with Crippen molar-refractivity contribution < 1.29 is 19.1 Å². The third kappa shape index (κ3) is 3.29. The van der Waals surface area contributed by atoms with E-state index in [4.69, 9.17) is 5.11 Å². The molecule has 1 saturated heterocycles. The van der Waals surface area contributed by atoms with Gasteiger partial charge in [-0.15, -0.1) is 0 Å². The van der Waals surface area contributed by atoms with Crippen molar-refractivity contribution in [2.45, 2.75) is 26.7 Å². The smallest absolute Gasteiger partial charge is 0.234 e. The first-order chi connectivity index (χ1) is 9.84. The second-order valence-electron chi connectivity index (χ2n) is 5.76. The number of hydrogen-bond donors (Lipinski definition) is 1. The van der Waals surface area contributed by atoms with Gasteiger partial charge in [-0.25, -0.2) is 9.29 Å². The van der Waals surface area contributed by atoms with Crippen LogP contribution >= 0.6 is 0 Å². The second-order valence-corrected chi connectivity index (χ2v) is 5.76. The Morgan fingerprint density at radius 3 is 2.48 bits per heavy atom. The number of imide groups is 1. The molecule has 1 fully saturated rings. The van der Waals surface area contributed by atoms with Crippen LogP contribution in [0.4, 0.5) is 10.1 Å². The molecular weight excluding hydrogens is 273 g/mol. The van der Waals surface area contributed by atoms with Gasteiger partial charge in [0.15, 0.2) is 0 Å². The van der Waals surface area contributed by atoms with E-state index in [1.807, 2.05) is 13.8 Å². The van der Waals surface area contributed by atoms with Crippen LogP contribution in [0, 0.1) is 23.1 Å². The van der Waals surface area contributed by atoms with Crippen LogP contribution in [0.5, 0.6) is 0 Å². The van der Waals surface area contributed by atoms with Gasteiger partial charge in [-0.2, -0.15) is 0 Å². The Labute approximate surface area is 122 Å². The molecule has 2 rings (SSSR count). The molecule has 1 N–H and O–H groups in total. The van der Waals surface area contributed by atoms with E-state index in [-0.39, 0.29) is 47.9 Å². The fourth-order valence-electron chi connectivity index (χ4n) is 2.39. The van der Waals surface area contributed by atoms with Crippen molar-refractivity contribution in [1.82, 2.24) is 0 Å². The monoisotopic (exact) mass is 289 g/mol. The van der Waals surface area contributed by atoms with Crippen LogP contribution in [0.25, 0.3) is 0 Å². The maximum absolute atomic E-state index is 13.3. The predicted octanol–water partition coefficient (Wildman–Crippen LogP) is 1.85. The number of rotatable bonds is 1. The summed E-state index contributed by atoms with van der Waals surface area (Å²) in [6.45, 7) is 3.33. The van der Waals surface area contributed by atoms with Crippen LogP contribution in [0.3, 0.4) is 0 Å². The zero-order chi connectivity index (χ0) is 15.6. The Bertz CT molecular complexity index is 635. The highest BCUT2D eigenvalue weighted by Crippen LogP contribution is 2.35. The van der Waals surface area contributed by atoms with Gasteiger partial charge >= 0.3 is 0 Å². The Hall–Kier alpha value is -2.19. The summed E-state index contributed by atoms with van der Waals surface area (Å²) in [7, 11) is 0. The van der Waals surface area contributed by atoms with E-state index in [0.717, 1.165) is 11.0 Å². The summed E-state index contributed by atoms with van der Waals surface area (Å²) in [5, 5.41) is 8.76. The minimum absolute atomic E-state index is 0.213. The van der Waals surface area contributed by atoms with Crippen molar-refractivity contribution in [3.05, 3.63) is 29.6 Å². The lowest BCUT2D eigenvalue weighted by Gasteiger charge is -2.35. The normalized spacial score (nSPS) is 17.4. The lowest BCUT2D eigenvalue weighted by atomic mass is 9.81. The molecule has 2 amide bonds. The lowest BCUT2D eigenvalue weighted by molar-refractivity contribution is -0.132. The summed E-state index contributed by atoms with van der Waals surface area (Å²) in [5.74, 6) is 3.82. The molecule has 0 saturated carbocycles. The van der Waals surface area contributed by atoms with Gasteiger partial charge in [0.2, 0.25) is 11.8 Å². The van der Waals surface area contributed by atoms with Crippen molar-refractivity contribution in [3.8, 4) is 11.8 Å². The number of carbonyl (C=O) groups excluding carboxylic acids is 2. The summed E-state index contributed by atoms with van der Waals surface area (Å²) in [6.07, 6.45) is 0.478. The third-order valence-corrected chi connectivity index (χ3v) is 3.26. The highest BCUT2D eigenvalue weighted by Gasteiger charge is 2.38. The Balaban J connectivity index is 2.46. The summed E-state index contributed by atoms with van der Waals surface area (Å²) >= 11 is 0. The van der Waals surface area contributed by atoms with Crippen LogP contribution in [-0.2, 0) is 9.59 Å². The van der Waals surface area contributed by atoms with Crippen molar-refractivity contribution in [1.29, 1.82) is 0 Å². The molecule has 0 bridgehead atoms. The molecule has 0 spiro atoms. The Kier molecular flexibility index (Phi) is 4.10. The molecular formula is C16H16FNO3. The van der Waals surface area contributed by atoms with E-state index in [2.05, 4.69) is 11.8 Å². The Morgan fingerprint density at radius 2 is 1.90 bits per heavy atom. The molecule has 1 aliphatic heterocycles. The van der Waals surface area contributed by atoms with E-state index in [1.165, 1.54) is 12.1 Å². The first kappa shape index (κ1) is 15.2. The summed E-state index contributed by atoms with van der Waals surface area (Å²) in [6, 6.07) is 3.70. The number of aliphatic hydroxyl groups excluding tert-OH is 1. The minimum Gasteiger partial charge on any atom is -0.384 e. The highest BCUT2D eigenvalue weighted by atomic mass is 19.1. The van der Waals surface area contributed by atoms with E-state index < -0.39 is 5.82 Å². The standard InChI is InChI=1S/C16H16FNO3/c1-16(2)9-14(20)18(15(21)10-16)13-6-5-12(17)8-11(13)4-3-7-19/h5-6,8,19H,7,9-10H2,1-2H3. The SMILES string of the molecule is CC1(C)CC(=O)N(c2ccc(F)cc2C#CCO)C(=O)C1. The topological polar surface area (TPSA) is 57.6 Å². The summed E-state index contributed by atoms with van der Waals surface area (Å²) in [5.41, 5.74) is 0.107. The molecule has 1 aliphatic rings. The van der Waals surface area contributed by atoms with Crippen molar-refractivity contribution in [2.75, 3.05) is 11.5 Å². The molecule has 110 valence electrons. The van der Waals surface area contributed by atoms with Gasteiger partial charge in [0.25, 0.3) is 0 Å². The van der Waals surface area contributed by atoms with Gasteiger partial charge in [0.1, 0.15) is 12.4 Å². The van der Waals surface area contributed by atoms with Crippen LogP contribution in [0.15, 0.2) is 18.2 Å². The predicted molar refractivity (Wildman–Crippen MR) is 75.9 cm³/mol. The van der Waals surface area contributed by atoms with Gasteiger partial charge in [-0.3, -0.25) is 9.59 Å². The first-order valence-corrected chi connectivity index (χ1v) is 6.59. The van der Waals surface area contributed by atoms with Gasteiger partial charge in [-0.05, 0) is 23.6 Å². The van der Waals surface area contributed by atoms with Crippen molar-refractivity contribution in [2.24, 2.45) is 5.41 Å². The highest BCUT2D eigenvalue weighted by molar-refractivity contribution is 6.17. The van der Waals surface area contributed by atoms with E-state index in [1.54, 1.807) is 0 Å². The number of benzene rings is 1. The van der Waals surface area contributed by atoms with Crippen molar-refractivity contribution >= 4 is 17.5 Å². The number of carbonyl (C=O) groups is 2. The molecule has 0 aromatic heterocycles. The number of halogens is 1. The average Bonchev–Trinajstić information content (AvgIpc) is 2.36. The maximum atomic E-state index is 13.3. The lowest BCUT2D eigenvalue weighted by Crippen LogP contribution is -2.46. The molecule has 1 heterocycles. The fourth-order valence-corrected chi connectivity index (χ4v) is 2.39. The molecule has 0 aliphatic carbocycles. The van der Waals surface area contributed by atoms with Crippen LogP contribution in [-0.4, -0.2) is 23.5 Å². The molecule has 1 aromatic rings. The average molecular weight is 289 g/mol. The minimum atomic E-state index is -0.516. The van der Waals surface area contributed by atoms with Crippen LogP contribution < -0.4 is 4.90 Å². The number of anilines is 1. The molecule has 4 nitrogen and oxygen atoms in total. The largest absolute Gasteiger partial charge is 0.384 e. The van der Waals surface area contributed by atoms with Gasteiger partial charge in [0.05, 0.1) is 11.3 Å². The molecule has 0 radical (unpaired) electrons. The first-order valence-electron chi connectivity index (χ1n) is 6.59. The zero-order valence-corrected chi connectivity index (χ0v) is 11.9. The number of piperidine rings is 1. The molecule has 0 unspecified atom stereocenters. The Morgan fingerprint density at radius 1 is 1.29 bits per heavy atom. The zero-order valence-electron chi connectivity index (χ0n) is 11.9. The molecule has 21 heavy (non-hydrogen) atoms. The summed E-state index contributed by atoms with van der Waals surface area (Å²) in [4.78, 5) is 25.6. The molecule has 0 atom stereocenters. The fraction of sp³-hybridized carbons (Fsp3) is 0.375. The van der Waals surface area contributed by atoms with E-state index in [9.17, 15) is 14.0 Å². The summed E-state index contributed by atoms with van der Waals surface area (Å²) < 4.78 is 13.3. The van der Waals surface area contributed by atoms with Gasteiger partial charge < -0.3 is 5.11 Å². The third-order valence-electron chi connectivity index (χ3n) is 3.26. The number of hydrogen-bond acceptors (Lipinski definition) is 3. The van der Waals surface area contributed by atoms with Crippen LogP contribution in [0.2, 0.25) is 0 Å². The number of aliphatic hydroxyl groups is 1. The second kappa shape index (κ2) is 5.66.